The van der Waals surface area contributed by atoms with Crippen molar-refractivity contribution in [2.24, 2.45) is 0 Å². The average Bonchev–Trinajstić information content (AvgIpc) is 2.75. The Hall–Kier alpha value is -0.563. The summed E-state index contributed by atoms with van der Waals surface area (Å²) in [5, 5.41) is 1.37. The molecule has 0 unspecified atom stereocenters. The maximum atomic E-state index is 5.99. The Kier molecular flexibility index (Phi) is 5.12. The summed E-state index contributed by atoms with van der Waals surface area (Å²) in [5.41, 5.74) is 1.86. The Bertz CT molecular complexity index is 597. The van der Waals surface area contributed by atoms with Crippen LogP contribution in [0.1, 0.15) is 0 Å². The molecular formula is C13H20ClN3OSSi. The molecule has 0 aliphatic rings. The van der Waals surface area contributed by atoms with Crippen molar-refractivity contribution < 1.29 is 4.74 Å². The second-order valence-corrected chi connectivity index (χ2v) is 12.7. The monoisotopic (exact) mass is 329 g/mol. The lowest BCUT2D eigenvalue weighted by Gasteiger charge is -2.15. The number of hydrogen-bond acceptors (Lipinski definition) is 4. The van der Waals surface area contributed by atoms with Crippen LogP contribution >= 0.6 is 23.4 Å². The van der Waals surface area contributed by atoms with E-state index in [9.17, 15) is 0 Å². The highest BCUT2D eigenvalue weighted by molar-refractivity contribution is 7.98. The molecule has 4 nitrogen and oxygen atoms in total. The summed E-state index contributed by atoms with van der Waals surface area (Å²) < 4.78 is 7.77. The molecule has 2 aromatic heterocycles. The first-order valence-electron chi connectivity index (χ1n) is 6.54. The van der Waals surface area contributed by atoms with E-state index in [0.29, 0.717) is 11.9 Å². The van der Waals surface area contributed by atoms with E-state index in [1.54, 1.807) is 24.2 Å². The number of fused-ring (bicyclic) bond motifs is 1. The summed E-state index contributed by atoms with van der Waals surface area (Å²) in [6, 6.07) is 2.95. The van der Waals surface area contributed by atoms with Gasteiger partial charge in [-0.15, -0.1) is 11.8 Å². The van der Waals surface area contributed by atoms with Gasteiger partial charge in [0.2, 0.25) is 0 Å². The molecular weight excluding hydrogens is 310 g/mol. The van der Waals surface area contributed by atoms with Crippen LogP contribution in [-0.2, 0) is 11.5 Å². The standard InChI is InChI=1S/C13H20ClN3OSSi/c1-19-13-12-10(7-11(14)16-13)15-8-17(12)9-18-5-6-20(2,3)4/h7-8H,5-6,9H2,1-4H3. The predicted molar refractivity (Wildman–Crippen MR) is 88.4 cm³/mol. The molecule has 0 atom stereocenters. The van der Waals surface area contributed by atoms with Crippen LogP contribution in [0.4, 0.5) is 0 Å². The summed E-state index contributed by atoms with van der Waals surface area (Å²) in [6.45, 7) is 8.35. The van der Waals surface area contributed by atoms with Crippen molar-refractivity contribution in [1.29, 1.82) is 0 Å². The zero-order valence-corrected chi connectivity index (χ0v) is 14.9. The molecule has 0 saturated carbocycles. The van der Waals surface area contributed by atoms with Crippen molar-refractivity contribution in [2.75, 3.05) is 12.9 Å². The molecule has 0 radical (unpaired) electrons. The summed E-state index contributed by atoms with van der Waals surface area (Å²) in [4.78, 5) is 8.71. The molecule has 0 aromatic carbocycles. The van der Waals surface area contributed by atoms with Crippen LogP contribution in [0.15, 0.2) is 17.4 Å². The summed E-state index contributed by atoms with van der Waals surface area (Å²) in [6.07, 6.45) is 3.78. The van der Waals surface area contributed by atoms with Gasteiger partial charge in [0.25, 0.3) is 0 Å². The van der Waals surface area contributed by atoms with E-state index in [4.69, 9.17) is 16.3 Å². The molecule has 20 heavy (non-hydrogen) atoms. The van der Waals surface area contributed by atoms with Crippen molar-refractivity contribution in [3.63, 3.8) is 0 Å². The van der Waals surface area contributed by atoms with Gasteiger partial charge in [0.15, 0.2) is 0 Å². The van der Waals surface area contributed by atoms with Gasteiger partial charge in [-0.1, -0.05) is 31.2 Å². The molecule has 0 spiro atoms. The zero-order chi connectivity index (χ0) is 14.8. The minimum absolute atomic E-state index is 0.478. The Morgan fingerprint density at radius 2 is 2.15 bits per heavy atom. The van der Waals surface area contributed by atoms with E-state index >= 15 is 0 Å². The van der Waals surface area contributed by atoms with Crippen LogP contribution in [0.3, 0.4) is 0 Å². The summed E-state index contributed by atoms with van der Waals surface area (Å²) in [7, 11) is -1.04. The second-order valence-electron chi connectivity index (χ2n) is 5.88. The van der Waals surface area contributed by atoms with Crippen molar-refractivity contribution in [3.8, 4) is 0 Å². The highest BCUT2D eigenvalue weighted by atomic mass is 35.5. The number of aromatic nitrogens is 3. The van der Waals surface area contributed by atoms with Gasteiger partial charge in [0.05, 0.1) is 11.8 Å². The van der Waals surface area contributed by atoms with Crippen LogP contribution < -0.4 is 0 Å². The molecule has 0 saturated heterocycles. The molecule has 2 aromatic rings. The van der Waals surface area contributed by atoms with E-state index in [1.807, 2.05) is 10.8 Å². The number of hydrogen-bond donors (Lipinski definition) is 0. The minimum atomic E-state index is -1.04. The Balaban J connectivity index is 2.11. The fourth-order valence-corrected chi connectivity index (χ4v) is 3.41. The fourth-order valence-electron chi connectivity index (χ4n) is 1.81. The number of ether oxygens (including phenoxy) is 1. The molecule has 2 heterocycles. The number of pyridine rings is 1. The third-order valence-electron chi connectivity index (χ3n) is 2.95. The molecule has 0 aliphatic heterocycles. The normalized spacial score (nSPS) is 12.2. The Morgan fingerprint density at radius 1 is 1.40 bits per heavy atom. The van der Waals surface area contributed by atoms with Crippen molar-refractivity contribution in [1.82, 2.24) is 14.5 Å². The van der Waals surface area contributed by atoms with Crippen LogP contribution in [0.5, 0.6) is 0 Å². The number of thioether (sulfide) groups is 1. The first-order chi connectivity index (χ1) is 9.40. The van der Waals surface area contributed by atoms with Gasteiger partial charge >= 0.3 is 0 Å². The highest BCUT2D eigenvalue weighted by Crippen LogP contribution is 2.26. The average molecular weight is 330 g/mol. The Morgan fingerprint density at radius 3 is 2.80 bits per heavy atom. The fraction of sp³-hybridized carbons (Fsp3) is 0.538. The first-order valence-corrected chi connectivity index (χ1v) is 11.8. The summed E-state index contributed by atoms with van der Waals surface area (Å²) in [5.74, 6) is 0. The van der Waals surface area contributed by atoms with Crippen LogP contribution in [0, 0.1) is 0 Å². The van der Waals surface area contributed by atoms with Crippen molar-refractivity contribution in [3.05, 3.63) is 17.5 Å². The lowest BCUT2D eigenvalue weighted by Crippen LogP contribution is -2.22. The molecule has 0 aliphatic carbocycles. The molecule has 2 rings (SSSR count). The van der Waals surface area contributed by atoms with E-state index in [1.165, 1.54) is 6.04 Å². The topological polar surface area (TPSA) is 39.9 Å². The summed E-state index contributed by atoms with van der Waals surface area (Å²) >= 11 is 7.56. The third-order valence-corrected chi connectivity index (χ3v) is 5.52. The van der Waals surface area contributed by atoms with Gasteiger partial charge in [-0.2, -0.15) is 0 Å². The SMILES string of the molecule is CSc1nc(Cl)cc2ncn(COCC[Si](C)(C)C)c12. The lowest BCUT2D eigenvalue weighted by molar-refractivity contribution is 0.0896. The molecule has 110 valence electrons. The smallest absolute Gasteiger partial charge is 0.132 e. The van der Waals surface area contributed by atoms with E-state index in [2.05, 4.69) is 29.6 Å². The van der Waals surface area contributed by atoms with Gasteiger partial charge in [0, 0.05) is 20.7 Å². The molecule has 7 heteroatoms. The van der Waals surface area contributed by atoms with E-state index < -0.39 is 8.07 Å². The van der Waals surface area contributed by atoms with Crippen LogP contribution in [0.25, 0.3) is 11.0 Å². The third kappa shape index (κ3) is 3.97. The number of rotatable bonds is 6. The lowest BCUT2D eigenvalue weighted by atomic mass is 10.4. The minimum Gasteiger partial charge on any atom is -0.361 e. The quantitative estimate of drug-likeness (QED) is 0.346. The first kappa shape index (κ1) is 15.8. The van der Waals surface area contributed by atoms with Crippen molar-refractivity contribution in [2.45, 2.75) is 37.4 Å². The van der Waals surface area contributed by atoms with Gasteiger partial charge in [0.1, 0.15) is 22.4 Å². The molecule has 0 amide bonds. The van der Waals surface area contributed by atoms with Gasteiger partial charge < -0.3 is 9.30 Å². The number of imidazole rings is 1. The van der Waals surface area contributed by atoms with Gasteiger partial charge in [-0.05, 0) is 12.3 Å². The zero-order valence-electron chi connectivity index (χ0n) is 12.3. The molecule has 0 fully saturated rings. The van der Waals surface area contributed by atoms with Gasteiger partial charge in [-0.3, -0.25) is 0 Å². The van der Waals surface area contributed by atoms with E-state index in [-0.39, 0.29) is 0 Å². The predicted octanol–water partition coefficient (Wildman–Crippen LogP) is 4.12. The molecule has 0 bridgehead atoms. The number of halogens is 1. The second kappa shape index (κ2) is 6.47. The van der Waals surface area contributed by atoms with Crippen molar-refractivity contribution >= 4 is 42.5 Å². The number of nitrogens with zero attached hydrogens (tertiary/aromatic N) is 3. The molecule has 0 N–H and O–H groups in total. The van der Waals surface area contributed by atoms with Crippen LogP contribution in [-0.4, -0.2) is 35.5 Å². The van der Waals surface area contributed by atoms with E-state index in [0.717, 1.165) is 22.7 Å². The van der Waals surface area contributed by atoms with Crippen LogP contribution in [0.2, 0.25) is 30.8 Å². The Labute approximate surface area is 129 Å². The van der Waals surface area contributed by atoms with Gasteiger partial charge in [-0.25, -0.2) is 9.97 Å². The maximum absolute atomic E-state index is 5.99. The highest BCUT2D eigenvalue weighted by Gasteiger charge is 2.13. The maximum Gasteiger partial charge on any atom is 0.132 e. The largest absolute Gasteiger partial charge is 0.361 e.